The topological polar surface area (TPSA) is 62.5 Å². The standard InChI is InChI=1S/C20H21N3OS2/c1-24-23-19-14(12-21)18-17(16-10-6-7-11-25-16)13-8-4-2-3-5-9-15(13)22-20(18)26-19/h6-7,10-11,16,23H,2-5,8-9H2,1H3/p+1. The van der Waals surface area contributed by atoms with Gasteiger partial charge in [-0.05, 0) is 42.2 Å². The zero-order valence-corrected chi connectivity index (χ0v) is 16.5. The molecule has 0 amide bonds. The number of aryl methyl sites for hydroxylation is 1. The fourth-order valence-corrected chi connectivity index (χ4v) is 5.86. The summed E-state index contributed by atoms with van der Waals surface area (Å²) in [5.41, 5.74) is 6.32. The Morgan fingerprint density at radius 3 is 2.81 bits per heavy atom. The molecule has 2 N–H and O–H groups in total. The number of nitrogens with two attached hydrogens (primary N) is 1. The second-order valence-corrected chi connectivity index (χ2v) is 8.70. The molecule has 2 aromatic heterocycles. The fraction of sp³-hybridized carbons (Fsp3) is 0.400. The molecule has 0 saturated heterocycles. The van der Waals surface area contributed by atoms with Gasteiger partial charge in [-0.25, -0.2) is 9.82 Å². The van der Waals surface area contributed by atoms with Crippen molar-refractivity contribution in [3.8, 4) is 6.07 Å². The summed E-state index contributed by atoms with van der Waals surface area (Å²) in [6.07, 6.45) is 13.5. The Morgan fingerprint density at radius 2 is 2.08 bits per heavy atom. The third-order valence-corrected chi connectivity index (χ3v) is 7.02. The Balaban J connectivity index is 2.00. The van der Waals surface area contributed by atoms with E-state index < -0.39 is 0 Å². The van der Waals surface area contributed by atoms with Crippen molar-refractivity contribution in [3.63, 3.8) is 0 Å². The van der Waals surface area contributed by atoms with E-state index in [-0.39, 0.29) is 5.25 Å². The van der Waals surface area contributed by atoms with E-state index in [1.807, 2.05) is 11.8 Å². The molecule has 4 nitrogen and oxygen atoms in total. The maximum absolute atomic E-state index is 9.87. The molecule has 0 aromatic carbocycles. The first kappa shape index (κ1) is 17.7. The molecule has 2 aromatic rings. The summed E-state index contributed by atoms with van der Waals surface area (Å²) in [6, 6.07) is 2.43. The first-order valence-electron chi connectivity index (χ1n) is 9.06. The average molecular weight is 385 g/mol. The van der Waals surface area contributed by atoms with E-state index in [1.54, 1.807) is 23.9 Å². The van der Waals surface area contributed by atoms with E-state index >= 15 is 0 Å². The smallest absolute Gasteiger partial charge is 0.238 e. The van der Waals surface area contributed by atoms with E-state index in [0.29, 0.717) is 5.56 Å². The lowest BCUT2D eigenvalue weighted by Crippen LogP contribution is -2.75. The number of thioether (sulfide) groups is 1. The SMILES string of the molecule is CO[NH2+]c1sc2nc3c(c(C4C=CC=CS4)c2c1C#N)CCCCCC3. The van der Waals surface area contributed by atoms with E-state index in [4.69, 9.17) is 9.82 Å². The van der Waals surface area contributed by atoms with Gasteiger partial charge in [-0.3, -0.25) is 0 Å². The average Bonchev–Trinajstić information content (AvgIpc) is 2.99. The minimum Gasteiger partial charge on any atom is -0.241 e. The van der Waals surface area contributed by atoms with Crippen LogP contribution in [0.15, 0.2) is 23.6 Å². The van der Waals surface area contributed by atoms with Crippen LogP contribution in [0.2, 0.25) is 0 Å². The van der Waals surface area contributed by atoms with Crippen LogP contribution in [0.5, 0.6) is 0 Å². The van der Waals surface area contributed by atoms with Gasteiger partial charge >= 0.3 is 0 Å². The Kier molecular flexibility index (Phi) is 5.41. The van der Waals surface area contributed by atoms with Gasteiger partial charge in [-0.1, -0.05) is 42.4 Å². The number of hydrogen-bond acceptors (Lipinski definition) is 5. The van der Waals surface area contributed by atoms with Crippen molar-refractivity contribution in [2.24, 2.45) is 0 Å². The van der Waals surface area contributed by atoms with Crippen molar-refractivity contribution in [2.45, 2.75) is 43.8 Å². The number of aromatic nitrogens is 1. The minimum atomic E-state index is 0.246. The number of pyridine rings is 1. The number of quaternary nitrogens is 1. The maximum Gasteiger partial charge on any atom is 0.238 e. The number of hydrogen-bond donors (Lipinski definition) is 1. The number of nitrogens with zero attached hydrogens (tertiary/aromatic N) is 2. The van der Waals surface area contributed by atoms with E-state index in [1.165, 1.54) is 42.5 Å². The highest BCUT2D eigenvalue weighted by Crippen LogP contribution is 2.45. The van der Waals surface area contributed by atoms with Crippen molar-refractivity contribution in [1.82, 2.24) is 4.98 Å². The van der Waals surface area contributed by atoms with Crippen molar-refractivity contribution in [3.05, 3.63) is 46.0 Å². The highest BCUT2D eigenvalue weighted by molar-refractivity contribution is 8.02. The van der Waals surface area contributed by atoms with Gasteiger partial charge in [0.1, 0.15) is 16.5 Å². The molecule has 1 aliphatic carbocycles. The van der Waals surface area contributed by atoms with Crippen LogP contribution in [0.25, 0.3) is 10.2 Å². The van der Waals surface area contributed by atoms with E-state index in [0.717, 1.165) is 28.1 Å². The molecule has 1 unspecified atom stereocenters. The normalized spacial score (nSPS) is 19.8. The lowest BCUT2D eigenvalue weighted by Gasteiger charge is -2.22. The molecule has 2 aliphatic rings. The third-order valence-electron chi connectivity index (χ3n) is 5.01. The predicted octanol–water partition coefficient (Wildman–Crippen LogP) is 4.44. The Hall–Kier alpha value is -1.65. The summed E-state index contributed by atoms with van der Waals surface area (Å²) in [4.78, 5) is 11.2. The quantitative estimate of drug-likeness (QED) is 0.795. The zero-order valence-electron chi connectivity index (χ0n) is 14.8. The molecular weight excluding hydrogens is 362 g/mol. The molecule has 0 spiro atoms. The monoisotopic (exact) mass is 384 g/mol. The van der Waals surface area contributed by atoms with Crippen molar-refractivity contribution < 1.29 is 10.3 Å². The van der Waals surface area contributed by atoms with Gasteiger partial charge in [0.15, 0.2) is 0 Å². The van der Waals surface area contributed by atoms with Gasteiger partial charge in [0, 0.05) is 11.1 Å². The molecule has 134 valence electrons. The Morgan fingerprint density at radius 1 is 1.23 bits per heavy atom. The fourth-order valence-electron chi connectivity index (χ4n) is 3.86. The van der Waals surface area contributed by atoms with E-state index in [9.17, 15) is 5.26 Å². The molecule has 26 heavy (non-hydrogen) atoms. The minimum absolute atomic E-state index is 0.246. The van der Waals surface area contributed by atoms with Gasteiger partial charge in [0.25, 0.3) is 0 Å². The van der Waals surface area contributed by atoms with Crippen molar-refractivity contribution in [1.29, 1.82) is 5.26 Å². The lowest BCUT2D eigenvalue weighted by atomic mass is 9.90. The summed E-state index contributed by atoms with van der Waals surface area (Å²) in [7, 11) is 1.63. The van der Waals surface area contributed by atoms with Crippen LogP contribution in [0, 0.1) is 11.3 Å². The zero-order chi connectivity index (χ0) is 17.9. The lowest BCUT2D eigenvalue weighted by molar-refractivity contribution is -0.827. The molecule has 0 fully saturated rings. The van der Waals surface area contributed by atoms with Crippen molar-refractivity contribution >= 4 is 38.3 Å². The third kappa shape index (κ3) is 3.21. The number of allylic oxidation sites excluding steroid dienone is 2. The maximum atomic E-state index is 9.87. The summed E-state index contributed by atoms with van der Waals surface area (Å²) >= 11 is 3.39. The molecule has 4 rings (SSSR count). The van der Waals surface area contributed by atoms with Gasteiger partial charge in [0.2, 0.25) is 5.00 Å². The number of rotatable bonds is 3. The second kappa shape index (κ2) is 7.93. The first-order chi connectivity index (χ1) is 12.8. The van der Waals surface area contributed by atoms with Gasteiger partial charge in [-0.2, -0.15) is 10.7 Å². The largest absolute Gasteiger partial charge is 0.241 e. The molecule has 0 radical (unpaired) electrons. The van der Waals surface area contributed by atoms with Gasteiger partial charge in [-0.15, -0.1) is 11.8 Å². The van der Waals surface area contributed by atoms with Gasteiger partial charge < -0.3 is 0 Å². The highest BCUT2D eigenvalue weighted by Gasteiger charge is 2.28. The van der Waals surface area contributed by atoms with Crippen molar-refractivity contribution in [2.75, 3.05) is 7.11 Å². The highest BCUT2D eigenvalue weighted by atomic mass is 32.2. The Bertz CT molecular complexity index is 924. The number of thiophene rings is 1. The summed E-state index contributed by atoms with van der Waals surface area (Å²) in [5, 5.41) is 14.2. The molecule has 1 aliphatic heterocycles. The molecular formula is C20H22N3OS2+. The predicted molar refractivity (Wildman–Crippen MR) is 107 cm³/mol. The number of fused-ring (bicyclic) bond motifs is 2. The van der Waals surface area contributed by atoms with Crippen LogP contribution < -0.4 is 5.48 Å². The van der Waals surface area contributed by atoms with Crippen LogP contribution in [0.1, 0.15) is 53.3 Å². The first-order valence-corrected chi connectivity index (χ1v) is 10.8. The van der Waals surface area contributed by atoms with Crippen LogP contribution in [-0.4, -0.2) is 12.1 Å². The van der Waals surface area contributed by atoms with Crippen LogP contribution in [-0.2, 0) is 17.7 Å². The van der Waals surface area contributed by atoms with Crippen LogP contribution in [0.4, 0.5) is 5.00 Å². The molecule has 1 atom stereocenters. The van der Waals surface area contributed by atoms with Crippen LogP contribution >= 0.6 is 23.1 Å². The molecule has 3 heterocycles. The van der Waals surface area contributed by atoms with Crippen LogP contribution in [0.3, 0.4) is 0 Å². The van der Waals surface area contributed by atoms with E-state index in [2.05, 4.69) is 29.7 Å². The summed E-state index contributed by atoms with van der Waals surface area (Å²) in [5.74, 6) is 0. The second-order valence-electron chi connectivity index (χ2n) is 6.62. The Labute approximate surface area is 161 Å². The van der Waals surface area contributed by atoms with Gasteiger partial charge in [0.05, 0.1) is 12.4 Å². The molecule has 6 heteroatoms. The summed E-state index contributed by atoms with van der Waals surface area (Å²) in [6.45, 7) is 0. The molecule has 0 saturated carbocycles. The number of nitriles is 1. The molecule has 0 bridgehead atoms. The summed E-state index contributed by atoms with van der Waals surface area (Å²) < 4.78 is 0.